The number of fused-ring (bicyclic) bond motifs is 3. The number of methoxy groups -OCH3 is 1. The van der Waals surface area contributed by atoms with E-state index in [-0.39, 0.29) is 5.75 Å². The van der Waals surface area contributed by atoms with Crippen LogP contribution in [-0.2, 0) is 12.8 Å². The second-order valence-corrected chi connectivity index (χ2v) is 4.51. The predicted octanol–water partition coefficient (Wildman–Crippen LogP) is 2.83. The van der Waals surface area contributed by atoms with Gasteiger partial charge >= 0.3 is 0 Å². The Morgan fingerprint density at radius 3 is 2.88 bits per heavy atom. The van der Waals surface area contributed by atoms with Crippen LogP contribution >= 0.6 is 0 Å². The first-order valence-corrected chi connectivity index (χ1v) is 5.97. The van der Waals surface area contributed by atoms with Crippen LogP contribution < -0.4 is 4.74 Å². The summed E-state index contributed by atoms with van der Waals surface area (Å²) < 4.78 is 5.15. The number of rotatable bonds is 1. The van der Waals surface area contributed by atoms with E-state index >= 15 is 0 Å². The molecule has 0 saturated heterocycles. The number of hydrogen-bond acceptors (Lipinski definition) is 3. The van der Waals surface area contributed by atoms with Gasteiger partial charge in [-0.2, -0.15) is 0 Å². The van der Waals surface area contributed by atoms with Crippen LogP contribution in [0.5, 0.6) is 11.5 Å². The fourth-order valence-corrected chi connectivity index (χ4v) is 2.62. The van der Waals surface area contributed by atoms with Gasteiger partial charge in [0.1, 0.15) is 11.5 Å². The fourth-order valence-electron chi connectivity index (χ4n) is 2.62. The lowest BCUT2D eigenvalue weighted by molar-refractivity contribution is 0.409. The minimum atomic E-state index is 0.283. The van der Waals surface area contributed by atoms with E-state index in [9.17, 15) is 5.11 Å². The van der Waals surface area contributed by atoms with Gasteiger partial charge in [-0.3, -0.25) is 4.98 Å². The summed E-state index contributed by atoms with van der Waals surface area (Å²) >= 11 is 0. The van der Waals surface area contributed by atoms with Gasteiger partial charge in [0.2, 0.25) is 0 Å². The summed E-state index contributed by atoms with van der Waals surface area (Å²) in [5, 5.41) is 11.0. The molecule has 0 fully saturated rings. The van der Waals surface area contributed by atoms with Gasteiger partial charge in [0.05, 0.1) is 12.6 Å². The number of phenols is 1. The van der Waals surface area contributed by atoms with Gasteiger partial charge in [-0.15, -0.1) is 0 Å². The summed E-state index contributed by atoms with van der Waals surface area (Å²) in [5.41, 5.74) is 3.37. The van der Waals surface area contributed by atoms with Crippen LogP contribution in [0.4, 0.5) is 0 Å². The zero-order valence-electron chi connectivity index (χ0n) is 9.86. The Bertz CT molecular complexity index is 578. The van der Waals surface area contributed by atoms with Gasteiger partial charge < -0.3 is 9.84 Å². The molecule has 1 aromatic carbocycles. The van der Waals surface area contributed by atoms with Gasteiger partial charge in [-0.05, 0) is 36.8 Å². The van der Waals surface area contributed by atoms with E-state index in [4.69, 9.17) is 4.74 Å². The van der Waals surface area contributed by atoms with Crippen molar-refractivity contribution in [3.63, 3.8) is 0 Å². The average molecular weight is 229 g/mol. The molecule has 17 heavy (non-hydrogen) atoms. The molecule has 0 atom stereocenters. The van der Waals surface area contributed by atoms with Gasteiger partial charge in [0.15, 0.2) is 0 Å². The second kappa shape index (κ2) is 3.91. The van der Waals surface area contributed by atoms with E-state index in [0.717, 1.165) is 23.7 Å². The second-order valence-electron chi connectivity index (χ2n) is 4.51. The SMILES string of the molecule is COc1cc(O)c2c3c(cnc2c1)CCCC3. The molecule has 3 heteroatoms. The zero-order valence-corrected chi connectivity index (χ0v) is 9.86. The molecule has 0 spiro atoms. The quantitative estimate of drug-likeness (QED) is 0.817. The van der Waals surface area contributed by atoms with Crippen molar-refractivity contribution in [1.82, 2.24) is 4.98 Å². The minimum absolute atomic E-state index is 0.283. The fraction of sp³-hybridized carbons (Fsp3) is 0.357. The molecule has 0 radical (unpaired) electrons. The zero-order chi connectivity index (χ0) is 11.8. The van der Waals surface area contributed by atoms with Crippen LogP contribution in [0, 0.1) is 0 Å². The van der Waals surface area contributed by atoms with Crippen LogP contribution in [0.1, 0.15) is 24.0 Å². The molecule has 0 amide bonds. The molecular weight excluding hydrogens is 214 g/mol. The van der Waals surface area contributed by atoms with Crippen molar-refractivity contribution in [3.05, 3.63) is 29.5 Å². The van der Waals surface area contributed by atoms with Crippen LogP contribution in [0.15, 0.2) is 18.3 Å². The molecule has 0 unspecified atom stereocenters. The summed E-state index contributed by atoms with van der Waals surface area (Å²) in [5.74, 6) is 0.934. The van der Waals surface area contributed by atoms with Crippen LogP contribution in [-0.4, -0.2) is 17.2 Å². The lowest BCUT2D eigenvalue weighted by Gasteiger charge is -2.18. The molecule has 1 aromatic heterocycles. The summed E-state index contributed by atoms with van der Waals surface area (Å²) in [6.45, 7) is 0. The van der Waals surface area contributed by atoms with E-state index in [1.165, 1.54) is 24.0 Å². The summed E-state index contributed by atoms with van der Waals surface area (Å²) in [7, 11) is 1.60. The molecule has 1 heterocycles. The third kappa shape index (κ3) is 1.62. The Kier molecular flexibility index (Phi) is 2.39. The van der Waals surface area contributed by atoms with Crippen molar-refractivity contribution < 1.29 is 9.84 Å². The van der Waals surface area contributed by atoms with Crippen molar-refractivity contribution >= 4 is 10.9 Å². The molecule has 88 valence electrons. The molecule has 2 aromatic rings. The standard InChI is InChI=1S/C14H15NO2/c1-17-10-6-12-14(13(16)7-10)11-5-3-2-4-9(11)8-15-12/h6-8,16H,2-5H2,1H3. The smallest absolute Gasteiger partial charge is 0.128 e. The third-order valence-electron chi connectivity index (χ3n) is 3.48. The number of aryl methyl sites for hydroxylation is 2. The monoisotopic (exact) mass is 229 g/mol. The van der Waals surface area contributed by atoms with Gasteiger partial charge in [0, 0.05) is 23.7 Å². The number of nitrogens with zero attached hydrogens (tertiary/aromatic N) is 1. The first kappa shape index (κ1) is 10.4. The maximum atomic E-state index is 10.1. The van der Waals surface area contributed by atoms with E-state index < -0.39 is 0 Å². The highest BCUT2D eigenvalue weighted by Gasteiger charge is 2.16. The average Bonchev–Trinajstić information content (AvgIpc) is 2.37. The third-order valence-corrected chi connectivity index (χ3v) is 3.48. The Morgan fingerprint density at radius 2 is 2.06 bits per heavy atom. The van der Waals surface area contributed by atoms with E-state index in [2.05, 4.69) is 4.98 Å². The Hall–Kier alpha value is -1.77. The molecule has 1 aliphatic rings. The van der Waals surface area contributed by atoms with Crippen molar-refractivity contribution in [2.24, 2.45) is 0 Å². The molecule has 0 aliphatic heterocycles. The maximum Gasteiger partial charge on any atom is 0.128 e. The number of pyridine rings is 1. The Morgan fingerprint density at radius 1 is 1.24 bits per heavy atom. The van der Waals surface area contributed by atoms with Gasteiger partial charge in [-0.1, -0.05) is 0 Å². The van der Waals surface area contributed by atoms with E-state index in [0.29, 0.717) is 5.75 Å². The molecular formula is C14H15NO2. The summed E-state index contributed by atoms with van der Waals surface area (Å²) in [6, 6.07) is 3.54. The predicted molar refractivity (Wildman–Crippen MR) is 66.6 cm³/mol. The normalized spacial score (nSPS) is 14.6. The number of aromatic nitrogens is 1. The Labute approximate surface area is 100 Å². The van der Waals surface area contributed by atoms with Crippen molar-refractivity contribution in [2.45, 2.75) is 25.7 Å². The van der Waals surface area contributed by atoms with Crippen molar-refractivity contribution in [1.29, 1.82) is 0 Å². The summed E-state index contributed by atoms with van der Waals surface area (Å²) in [4.78, 5) is 4.42. The van der Waals surface area contributed by atoms with E-state index in [1.807, 2.05) is 12.3 Å². The van der Waals surface area contributed by atoms with Gasteiger partial charge in [-0.25, -0.2) is 0 Å². The summed E-state index contributed by atoms with van der Waals surface area (Å²) in [6.07, 6.45) is 6.46. The first-order chi connectivity index (χ1) is 8.29. The highest BCUT2D eigenvalue weighted by atomic mass is 16.5. The number of ether oxygens (including phenoxy) is 1. The largest absolute Gasteiger partial charge is 0.507 e. The molecule has 0 saturated carbocycles. The first-order valence-electron chi connectivity index (χ1n) is 5.97. The van der Waals surface area contributed by atoms with E-state index in [1.54, 1.807) is 13.2 Å². The Balaban J connectivity index is 2.32. The number of benzene rings is 1. The molecule has 0 bridgehead atoms. The van der Waals surface area contributed by atoms with Crippen molar-refractivity contribution in [3.8, 4) is 11.5 Å². The van der Waals surface area contributed by atoms with Crippen molar-refractivity contribution in [2.75, 3.05) is 7.11 Å². The lowest BCUT2D eigenvalue weighted by atomic mass is 9.90. The molecule has 1 N–H and O–H groups in total. The van der Waals surface area contributed by atoms with Gasteiger partial charge in [0.25, 0.3) is 0 Å². The number of aromatic hydroxyl groups is 1. The highest BCUT2D eigenvalue weighted by Crippen LogP contribution is 2.35. The van der Waals surface area contributed by atoms with Crippen LogP contribution in [0.3, 0.4) is 0 Å². The highest BCUT2D eigenvalue weighted by molar-refractivity contribution is 5.90. The maximum absolute atomic E-state index is 10.1. The van der Waals surface area contributed by atoms with Crippen LogP contribution in [0.2, 0.25) is 0 Å². The molecule has 1 aliphatic carbocycles. The lowest BCUT2D eigenvalue weighted by Crippen LogP contribution is -2.04. The van der Waals surface area contributed by atoms with Crippen LogP contribution in [0.25, 0.3) is 10.9 Å². The number of hydrogen-bond donors (Lipinski definition) is 1. The molecule has 3 nitrogen and oxygen atoms in total. The number of phenolic OH excluding ortho intramolecular Hbond substituents is 1. The topological polar surface area (TPSA) is 42.4 Å². The molecule has 3 rings (SSSR count). The minimum Gasteiger partial charge on any atom is -0.507 e.